The van der Waals surface area contributed by atoms with Gasteiger partial charge in [-0.3, -0.25) is 9.69 Å². The predicted molar refractivity (Wildman–Crippen MR) is 100.0 cm³/mol. The summed E-state index contributed by atoms with van der Waals surface area (Å²) in [7, 11) is 0. The number of rotatable bonds is 6. The molecule has 0 radical (unpaired) electrons. The zero-order chi connectivity index (χ0) is 17.2. The van der Waals surface area contributed by atoms with Gasteiger partial charge in [0.05, 0.1) is 5.69 Å². The van der Waals surface area contributed by atoms with Crippen molar-refractivity contribution in [3.8, 4) is 5.75 Å². The lowest BCUT2D eigenvalue weighted by molar-refractivity contribution is -0.121. The molecule has 3 aliphatic heterocycles. The van der Waals surface area contributed by atoms with Gasteiger partial charge in [-0.15, -0.1) is 6.58 Å². The molecule has 1 amide bonds. The molecule has 134 valence electrons. The summed E-state index contributed by atoms with van der Waals surface area (Å²) in [6, 6.07) is 9.35. The second-order valence-electron chi connectivity index (χ2n) is 7.64. The van der Waals surface area contributed by atoms with Crippen LogP contribution < -0.4 is 9.64 Å². The maximum atomic E-state index is 12.3. The Balaban J connectivity index is 1.34. The van der Waals surface area contributed by atoms with Crippen LogP contribution in [-0.4, -0.2) is 42.6 Å². The van der Waals surface area contributed by atoms with Crippen LogP contribution in [0.5, 0.6) is 5.75 Å². The molecule has 3 heterocycles. The van der Waals surface area contributed by atoms with Gasteiger partial charge in [-0.05, 0) is 56.6 Å². The number of hydrogen-bond acceptors (Lipinski definition) is 3. The summed E-state index contributed by atoms with van der Waals surface area (Å²) in [5, 5.41) is 0. The highest BCUT2D eigenvalue weighted by atomic mass is 16.5. The molecule has 0 spiro atoms. The van der Waals surface area contributed by atoms with E-state index in [2.05, 4.69) is 17.6 Å². The van der Waals surface area contributed by atoms with E-state index >= 15 is 0 Å². The lowest BCUT2D eigenvalue weighted by Crippen LogP contribution is -2.45. The minimum atomic E-state index is 0.0753. The van der Waals surface area contributed by atoms with Gasteiger partial charge in [-0.25, -0.2) is 0 Å². The van der Waals surface area contributed by atoms with E-state index < -0.39 is 0 Å². The van der Waals surface area contributed by atoms with Crippen LogP contribution >= 0.6 is 0 Å². The number of hydrogen-bond donors (Lipinski definition) is 0. The van der Waals surface area contributed by atoms with E-state index in [1.165, 1.54) is 32.1 Å². The number of allylic oxidation sites excluding steroid dienone is 1. The number of benzene rings is 1. The lowest BCUT2D eigenvalue weighted by atomic mass is 9.88. The summed E-state index contributed by atoms with van der Waals surface area (Å²) in [5.41, 5.74) is 0.923. The van der Waals surface area contributed by atoms with Crippen LogP contribution in [0.25, 0.3) is 0 Å². The van der Waals surface area contributed by atoms with Crippen LogP contribution in [-0.2, 0) is 4.79 Å². The fraction of sp³-hybridized carbons (Fsp3) is 0.571. The first-order valence-electron chi connectivity index (χ1n) is 9.65. The quantitative estimate of drug-likeness (QED) is 0.742. The van der Waals surface area contributed by atoms with Crippen molar-refractivity contribution in [3.63, 3.8) is 0 Å². The van der Waals surface area contributed by atoms with Crippen LogP contribution in [0.1, 0.15) is 38.5 Å². The van der Waals surface area contributed by atoms with E-state index in [0.717, 1.165) is 48.9 Å². The van der Waals surface area contributed by atoms with E-state index in [9.17, 15) is 4.79 Å². The first-order valence-corrected chi connectivity index (χ1v) is 9.65. The van der Waals surface area contributed by atoms with E-state index in [1.54, 1.807) is 0 Å². The number of nitrogens with zero attached hydrogens (tertiary/aromatic N) is 2. The molecule has 0 aromatic heterocycles. The molecule has 0 saturated carbocycles. The molecule has 0 aliphatic carbocycles. The third kappa shape index (κ3) is 3.32. The monoisotopic (exact) mass is 340 g/mol. The highest BCUT2D eigenvalue weighted by Crippen LogP contribution is 2.40. The van der Waals surface area contributed by atoms with E-state index in [4.69, 9.17) is 4.74 Å². The number of para-hydroxylation sites is 2. The predicted octanol–water partition coefficient (Wildman–Crippen LogP) is 3.62. The summed E-state index contributed by atoms with van der Waals surface area (Å²) < 4.78 is 5.53. The van der Waals surface area contributed by atoms with Crippen molar-refractivity contribution < 1.29 is 9.53 Å². The van der Waals surface area contributed by atoms with Gasteiger partial charge in [0.1, 0.15) is 5.75 Å². The molecule has 0 N–H and O–H groups in total. The number of carbonyl (C=O) groups excluding carboxylic acids is 1. The number of carbonyl (C=O) groups is 1. The smallest absolute Gasteiger partial charge is 0.265 e. The Labute approximate surface area is 150 Å². The zero-order valence-electron chi connectivity index (χ0n) is 14.9. The molecule has 25 heavy (non-hydrogen) atoms. The van der Waals surface area contributed by atoms with Crippen LogP contribution in [0.3, 0.4) is 0 Å². The van der Waals surface area contributed by atoms with Crippen molar-refractivity contribution in [3.05, 3.63) is 36.9 Å². The molecule has 2 saturated heterocycles. The van der Waals surface area contributed by atoms with Gasteiger partial charge in [0.2, 0.25) is 0 Å². The highest BCUT2D eigenvalue weighted by Gasteiger charge is 2.39. The molecule has 2 bridgehead atoms. The number of piperidine rings is 1. The standard InChI is InChI=1S/C21H28N2O2/c1-2-6-16-13-17-9-10-18(14-16)22(17)11-5-12-23-19-7-3-4-8-20(19)25-15-21(23)24/h2-4,7-8,16-18H,1,5-6,9-15H2. The SMILES string of the molecule is C=CCC1CC2CCC(C1)N2CCCN1C(=O)COc2ccccc21. The fourth-order valence-corrected chi connectivity index (χ4v) is 4.99. The van der Waals surface area contributed by atoms with Crippen molar-refractivity contribution in [2.75, 3.05) is 24.6 Å². The summed E-state index contributed by atoms with van der Waals surface area (Å²) >= 11 is 0. The molecule has 2 fully saturated rings. The molecule has 2 unspecified atom stereocenters. The van der Waals surface area contributed by atoms with Gasteiger partial charge in [-0.1, -0.05) is 18.2 Å². The van der Waals surface area contributed by atoms with Gasteiger partial charge in [0, 0.05) is 25.2 Å². The molecule has 1 aromatic rings. The third-order valence-electron chi connectivity index (χ3n) is 6.09. The van der Waals surface area contributed by atoms with Gasteiger partial charge < -0.3 is 9.64 Å². The van der Waals surface area contributed by atoms with E-state index in [1.807, 2.05) is 29.2 Å². The van der Waals surface area contributed by atoms with Crippen molar-refractivity contribution >= 4 is 11.6 Å². The maximum Gasteiger partial charge on any atom is 0.265 e. The summed E-state index contributed by atoms with van der Waals surface area (Å²) in [6.45, 7) is 5.95. The molecule has 2 atom stereocenters. The normalized spacial score (nSPS) is 28.6. The van der Waals surface area contributed by atoms with Crippen LogP contribution in [0, 0.1) is 5.92 Å². The zero-order valence-corrected chi connectivity index (χ0v) is 14.9. The number of fused-ring (bicyclic) bond motifs is 3. The molecule has 4 rings (SSSR count). The molecular weight excluding hydrogens is 312 g/mol. The Kier molecular flexibility index (Phi) is 4.80. The second kappa shape index (κ2) is 7.20. The first kappa shape index (κ1) is 16.6. The summed E-state index contributed by atoms with van der Waals surface area (Å²) in [5.74, 6) is 1.73. The molecular formula is C21H28N2O2. The van der Waals surface area contributed by atoms with Crippen molar-refractivity contribution in [1.82, 2.24) is 4.90 Å². The number of anilines is 1. The molecule has 4 nitrogen and oxygen atoms in total. The van der Waals surface area contributed by atoms with Gasteiger partial charge >= 0.3 is 0 Å². The Morgan fingerprint density at radius 3 is 2.68 bits per heavy atom. The van der Waals surface area contributed by atoms with Crippen LogP contribution in [0.2, 0.25) is 0 Å². The fourth-order valence-electron chi connectivity index (χ4n) is 4.99. The molecule has 4 heteroatoms. The van der Waals surface area contributed by atoms with Crippen molar-refractivity contribution in [1.29, 1.82) is 0 Å². The van der Waals surface area contributed by atoms with E-state index in [0.29, 0.717) is 0 Å². The van der Waals surface area contributed by atoms with Crippen molar-refractivity contribution in [2.45, 2.75) is 50.6 Å². The average molecular weight is 340 g/mol. The number of amides is 1. The summed E-state index contributed by atoms with van der Waals surface area (Å²) in [4.78, 5) is 16.9. The Morgan fingerprint density at radius 1 is 1.16 bits per heavy atom. The Morgan fingerprint density at radius 2 is 1.92 bits per heavy atom. The molecule has 1 aromatic carbocycles. The third-order valence-corrected chi connectivity index (χ3v) is 6.09. The van der Waals surface area contributed by atoms with Crippen LogP contribution in [0.4, 0.5) is 5.69 Å². The topological polar surface area (TPSA) is 32.8 Å². The van der Waals surface area contributed by atoms with Gasteiger partial charge in [0.25, 0.3) is 5.91 Å². The van der Waals surface area contributed by atoms with Crippen molar-refractivity contribution in [2.24, 2.45) is 5.92 Å². The lowest BCUT2D eigenvalue weighted by Gasteiger charge is -2.39. The summed E-state index contributed by atoms with van der Waals surface area (Å²) in [6.07, 6.45) is 9.61. The average Bonchev–Trinajstić information content (AvgIpc) is 2.86. The van der Waals surface area contributed by atoms with Crippen LogP contribution in [0.15, 0.2) is 36.9 Å². The Bertz CT molecular complexity index is 631. The van der Waals surface area contributed by atoms with Gasteiger partial charge in [-0.2, -0.15) is 0 Å². The highest BCUT2D eigenvalue weighted by molar-refractivity contribution is 5.97. The van der Waals surface area contributed by atoms with Gasteiger partial charge in [0.15, 0.2) is 6.61 Å². The largest absolute Gasteiger partial charge is 0.482 e. The van der Waals surface area contributed by atoms with E-state index in [-0.39, 0.29) is 12.5 Å². The minimum Gasteiger partial charge on any atom is -0.482 e. The Hall–Kier alpha value is -1.81. The molecule has 3 aliphatic rings. The first-order chi connectivity index (χ1) is 12.3. The number of ether oxygens (including phenoxy) is 1. The minimum absolute atomic E-state index is 0.0753. The second-order valence-corrected chi connectivity index (χ2v) is 7.64. The maximum absolute atomic E-state index is 12.3.